The molecule has 19 heavy (non-hydrogen) atoms. The van der Waals surface area contributed by atoms with Gasteiger partial charge in [0.25, 0.3) is 0 Å². The highest BCUT2D eigenvalue weighted by Crippen LogP contribution is 2.29. The van der Waals surface area contributed by atoms with Crippen LogP contribution in [-0.4, -0.2) is 16.1 Å². The summed E-state index contributed by atoms with van der Waals surface area (Å²) in [4.78, 5) is 15.0. The van der Waals surface area contributed by atoms with Crippen molar-refractivity contribution in [1.82, 2.24) is 4.98 Å². The Morgan fingerprint density at radius 3 is 2.84 bits per heavy atom. The maximum atomic E-state index is 13.6. The van der Waals surface area contributed by atoms with Crippen LogP contribution in [0.5, 0.6) is 0 Å². The third-order valence-electron chi connectivity index (χ3n) is 2.26. The Balaban J connectivity index is 2.34. The number of hydrogen-bond donors (Lipinski definition) is 1. The number of pyridine rings is 1. The Hall–Kier alpha value is -2.39. The zero-order valence-electron chi connectivity index (χ0n) is 9.50. The second-order valence-electron chi connectivity index (χ2n) is 3.55. The van der Waals surface area contributed by atoms with E-state index in [1.165, 1.54) is 30.5 Å². The van der Waals surface area contributed by atoms with Gasteiger partial charge in [0.05, 0.1) is 22.1 Å². The van der Waals surface area contributed by atoms with Gasteiger partial charge in [0.2, 0.25) is 0 Å². The van der Waals surface area contributed by atoms with Crippen LogP contribution in [0.2, 0.25) is 0 Å². The Labute approximate surface area is 112 Å². The van der Waals surface area contributed by atoms with Gasteiger partial charge in [0, 0.05) is 6.20 Å². The molecule has 0 unspecified atom stereocenters. The van der Waals surface area contributed by atoms with Crippen molar-refractivity contribution in [3.63, 3.8) is 0 Å². The Morgan fingerprint density at radius 1 is 1.37 bits per heavy atom. The van der Waals surface area contributed by atoms with Crippen molar-refractivity contribution >= 4 is 17.7 Å². The number of hydrogen-bond acceptors (Lipinski definition) is 4. The summed E-state index contributed by atoms with van der Waals surface area (Å²) in [6, 6.07) is 8.54. The maximum Gasteiger partial charge on any atom is 0.335 e. The molecule has 2 rings (SSSR count). The van der Waals surface area contributed by atoms with Crippen LogP contribution >= 0.6 is 11.8 Å². The molecule has 1 heterocycles. The third kappa shape index (κ3) is 3.09. The minimum Gasteiger partial charge on any atom is -0.478 e. The second-order valence-corrected chi connectivity index (χ2v) is 4.61. The molecule has 1 aromatic carbocycles. The fourth-order valence-electron chi connectivity index (χ4n) is 1.36. The smallest absolute Gasteiger partial charge is 0.335 e. The van der Waals surface area contributed by atoms with E-state index in [9.17, 15) is 9.18 Å². The molecule has 0 spiro atoms. The van der Waals surface area contributed by atoms with Gasteiger partial charge in [-0.25, -0.2) is 14.2 Å². The van der Waals surface area contributed by atoms with Crippen LogP contribution in [-0.2, 0) is 0 Å². The van der Waals surface area contributed by atoms with Gasteiger partial charge in [0.15, 0.2) is 0 Å². The van der Waals surface area contributed by atoms with Gasteiger partial charge in [0.1, 0.15) is 10.8 Å². The number of rotatable bonds is 3. The first-order valence-electron chi connectivity index (χ1n) is 5.17. The highest BCUT2D eigenvalue weighted by Gasteiger charge is 2.10. The van der Waals surface area contributed by atoms with Crippen molar-refractivity contribution in [2.24, 2.45) is 0 Å². The van der Waals surface area contributed by atoms with Crippen molar-refractivity contribution in [2.45, 2.75) is 9.92 Å². The van der Waals surface area contributed by atoms with E-state index in [0.717, 1.165) is 17.8 Å². The lowest BCUT2D eigenvalue weighted by Crippen LogP contribution is -1.97. The van der Waals surface area contributed by atoms with Crippen LogP contribution in [0.3, 0.4) is 0 Å². The molecule has 2 aromatic rings. The molecule has 0 saturated carbocycles. The minimum atomic E-state index is -1.12. The number of carbonyl (C=O) groups is 1. The lowest BCUT2D eigenvalue weighted by Gasteiger charge is -2.04. The summed E-state index contributed by atoms with van der Waals surface area (Å²) in [5.41, 5.74) is 0.410. The fraction of sp³-hybridized carbons (Fsp3) is 0. The largest absolute Gasteiger partial charge is 0.478 e. The monoisotopic (exact) mass is 274 g/mol. The molecular weight excluding hydrogens is 267 g/mol. The van der Waals surface area contributed by atoms with Gasteiger partial charge in [-0.15, -0.1) is 0 Å². The molecule has 0 aliphatic heterocycles. The van der Waals surface area contributed by atoms with E-state index in [1.807, 2.05) is 6.07 Å². The van der Waals surface area contributed by atoms with Crippen LogP contribution < -0.4 is 0 Å². The average molecular weight is 274 g/mol. The van der Waals surface area contributed by atoms with E-state index in [0.29, 0.717) is 10.6 Å². The number of halogens is 1. The average Bonchev–Trinajstić information content (AvgIpc) is 2.41. The van der Waals surface area contributed by atoms with Gasteiger partial charge in [-0.2, -0.15) is 5.26 Å². The minimum absolute atomic E-state index is 0.000313. The summed E-state index contributed by atoms with van der Waals surface area (Å²) in [7, 11) is 0. The third-order valence-corrected chi connectivity index (χ3v) is 3.22. The Morgan fingerprint density at radius 2 is 2.16 bits per heavy atom. The molecule has 1 N–H and O–H groups in total. The summed E-state index contributed by atoms with van der Waals surface area (Å²) >= 11 is 0.975. The summed E-state index contributed by atoms with van der Waals surface area (Å²) in [5.74, 6) is -1.65. The van der Waals surface area contributed by atoms with Crippen molar-refractivity contribution in [1.29, 1.82) is 5.26 Å². The topological polar surface area (TPSA) is 74.0 Å². The van der Waals surface area contributed by atoms with Crippen molar-refractivity contribution in [2.75, 3.05) is 0 Å². The molecule has 94 valence electrons. The van der Waals surface area contributed by atoms with E-state index in [2.05, 4.69) is 4.98 Å². The van der Waals surface area contributed by atoms with E-state index in [4.69, 9.17) is 10.4 Å². The number of aromatic nitrogens is 1. The molecular formula is C13H7FN2O2S. The normalized spacial score (nSPS) is 9.89. The number of aromatic carboxylic acids is 1. The molecule has 4 nitrogen and oxygen atoms in total. The Kier molecular flexibility index (Phi) is 3.78. The molecule has 1 aromatic heterocycles. The standard InChI is InChI=1S/C13H7FN2O2S/c14-10-2-1-9(13(17)18)6-11(10)19-12-5-8(7-15)3-4-16-12/h1-6H,(H,17,18). The number of nitriles is 1. The number of benzene rings is 1. The van der Waals surface area contributed by atoms with Crippen LogP contribution in [0.1, 0.15) is 15.9 Å². The SMILES string of the molecule is N#Cc1ccnc(Sc2cc(C(=O)O)ccc2F)c1. The van der Waals surface area contributed by atoms with Gasteiger partial charge in [-0.05, 0) is 30.3 Å². The molecule has 0 amide bonds. The van der Waals surface area contributed by atoms with E-state index in [-0.39, 0.29) is 10.5 Å². The van der Waals surface area contributed by atoms with E-state index in [1.54, 1.807) is 0 Å². The van der Waals surface area contributed by atoms with Gasteiger partial charge in [-0.1, -0.05) is 11.8 Å². The molecule has 0 bridgehead atoms. The van der Waals surface area contributed by atoms with E-state index < -0.39 is 11.8 Å². The summed E-state index contributed by atoms with van der Waals surface area (Å²) in [5, 5.41) is 18.0. The molecule has 0 radical (unpaired) electrons. The lowest BCUT2D eigenvalue weighted by molar-refractivity contribution is 0.0696. The summed E-state index contributed by atoms with van der Waals surface area (Å²) in [6.45, 7) is 0. The summed E-state index contributed by atoms with van der Waals surface area (Å²) in [6.07, 6.45) is 1.44. The van der Waals surface area contributed by atoms with Crippen LogP contribution in [0.15, 0.2) is 46.5 Å². The molecule has 0 aliphatic rings. The number of carboxylic acids is 1. The highest BCUT2D eigenvalue weighted by atomic mass is 32.2. The van der Waals surface area contributed by atoms with Crippen LogP contribution in [0, 0.1) is 17.1 Å². The predicted molar refractivity (Wildman–Crippen MR) is 66.4 cm³/mol. The first-order valence-corrected chi connectivity index (χ1v) is 5.98. The van der Waals surface area contributed by atoms with Gasteiger partial charge >= 0.3 is 5.97 Å². The molecule has 0 saturated heterocycles. The number of nitrogens with zero attached hydrogens (tertiary/aromatic N) is 2. The molecule has 0 aliphatic carbocycles. The van der Waals surface area contributed by atoms with Crippen molar-refractivity contribution in [3.8, 4) is 6.07 Å². The molecule has 6 heteroatoms. The predicted octanol–water partition coefficient (Wildman–Crippen LogP) is 2.94. The summed E-state index contributed by atoms with van der Waals surface area (Å²) < 4.78 is 13.6. The van der Waals surface area contributed by atoms with E-state index >= 15 is 0 Å². The van der Waals surface area contributed by atoms with Crippen LogP contribution in [0.4, 0.5) is 4.39 Å². The lowest BCUT2D eigenvalue weighted by atomic mass is 10.2. The quantitative estimate of drug-likeness (QED) is 0.931. The number of carboxylic acid groups (broad SMARTS) is 1. The zero-order valence-corrected chi connectivity index (χ0v) is 10.3. The maximum absolute atomic E-state index is 13.6. The molecule has 0 atom stereocenters. The fourth-order valence-corrected chi connectivity index (χ4v) is 2.24. The van der Waals surface area contributed by atoms with Gasteiger partial charge < -0.3 is 5.11 Å². The first-order chi connectivity index (χ1) is 9.10. The Bertz CT molecular complexity index is 683. The van der Waals surface area contributed by atoms with Crippen molar-refractivity contribution in [3.05, 3.63) is 53.5 Å². The second kappa shape index (κ2) is 5.50. The zero-order chi connectivity index (χ0) is 13.8. The van der Waals surface area contributed by atoms with Crippen LogP contribution in [0.25, 0.3) is 0 Å². The van der Waals surface area contributed by atoms with Crippen molar-refractivity contribution < 1.29 is 14.3 Å². The first kappa shape index (κ1) is 13.1. The van der Waals surface area contributed by atoms with Gasteiger partial charge in [-0.3, -0.25) is 0 Å². The molecule has 0 fully saturated rings. The highest BCUT2D eigenvalue weighted by molar-refractivity contribution is 7.99.